The molecule has 30 heavy (non-hydrogen) atoms. The number of rotatable bonds is 4. The molecule has 0 amide bonds. The second-order valence-corrected chi connectivity index (χ2v) is 6.47. The Bertz CT molecular complexity index is 1170. The minimum absolute atomic E-state index is 0.303. The van der Waals surface area contributed by atoms with Gasteiger partial charge in [0.15, 0.2) is 0 Å². The van der Waals surface area contributed by atoms with Gasteiger partial charge in [0.2, 0.25) is 0 Å². The number of carbonyl (C=O) groups is 2. The lowest BCUT2D eigenvalue weighted by molar-refractivity contribution is -0.130. The number of carboxylic acid groups (broad SMARTS) is 2. The van der Waals surface area contributed by atoms with Crippen LogP contribution in [0.2, 0.25) is 0 Å². The van der Waals surface area contributed by atoms with Crippen molar-refractivity contribution in [3.8, 4) is 0 Å². The number of hydrogen-bond acceptors (Lipinski definition) is 2. The highest BCUT2D eigenvalue weighted by Gasteiger charge is 2.09. The zero-order chi connectivity index (χ0) is 21.3. The molecular formula is C26H20O4. The minimum atomic E-state index is -0.917. The number of aromatic carboxylic acids is 1. The third-order valence-corrected chi connectivity index (χ3v) is 4.45. The summed E-state index contributed by atoms with van der Waals surface area (Å²) in [5, 5.41) is 19.9. The lowest BCUT2D eigenvalue weighted by Gasteiger charge is -2.02. The number of fused-ring (bicyclic) bond motifs is 1. The Labute approximate surface area is 174 Å². The molecule has 2 N–H and O–H groups in total. The minimum Gasteiger partial charge on any atom is -0.478 e. The second-order valence-electron chi connectivity index (χ2n) is 6.47. The Morgan fingerprint density at radius 1 is 0.633 bits per heavy atom. The molecule has 0 aliphatic rings. The summed E-state index contributed by atoms with van der Waals surface area (Å²) < 4.78 is 0. The van der Waals surface area contributed by atoms with Crippen LogP contribution in [0, 0.1) is 0 Å². The summed E-state index contributed by atoms with van der Waals surface area (Å²) in [4.78, 5) is 22.1. The summed E-state index contributed by atoms with van der Waals surface area (Å²) in [6.45, 7) is 0. The van der Waals surface area contributed by atoms with Gasteiger partial charge < -0.3 is 10.2 Å². The van der Waals surface area contributed by atoms with E-state index in [2.05, 4.69) is 0 Å². The van der Waals surface area contributed by atoms with Crippen LogP contribution in [0.3, 0.4) is 0 Å². The Morgan fingerprint density at radius 2 is 1.20 bits per heavy atom. The lowest BCUT2D eigenvalue weighted by atomic mass is 10.0. The molecule has 0 saturated carbocycles. The summed E-state index contributed by atoms with van der Waals surface area (Å²) in [5.74, 6) is -1.79. The molecule has 0 radical (unpaired) electrons. The Hall–Kier alpha value is -4.18. The molecule has 0 spiro atoms. The first kappa shape index (κ1) is 20.6. The second kappa shape index (κ2) is 9.85. The quantitative estimate of drug-likeness (QED) is 0.335. The van der Waals surface area contributed by atoms with Gasteiger partial charge in [-0.3, -0.25) is 0 Å². The van der Waals surface area contributed by atoms with Crippen molar-refractivity contribution in [2.45, 2.75) is 0 Å². The van der Waals surface area contributed by atoms with E-state index in [1.807, 2.05) is 78.9 Å². The van der Waals surface area contributed by atoms with E-state index in [-0.39, 0.29) is 0 Å². The van der Waals surface area contributed by atoms with Crippen molar-refractivity contribution in [2.24, 2.45) is 0 Å². The van der Waals surface area contributed by atoms with Crippen LogP contribution in [-0.4, -0.2) is 22.2 Å². The molecule has 0 unspecified atom stereocenters. The lowest BCUT2D eigenvalue weighted by Crippen LogP contribution is -1.99. The van der Waals surface area contributed by atoms with Crippen LogP contribution < -0.4 is 0 Å². The maximum Gasteiger partial charge on any atom is 0.336 e. The van der Waals surface area contributed by atoms with E-state index in [0.29, 0.717) is 16.7 Å². The van der Waals surface area contributed by atoms with Gasteiger partial charge in [0, 0.05) is 0 Å². The van der Waals surface area contributed by atoms with Crippen molar-refractivity contribution in [3.05, 3.63) is 120 Å². The monoisotopic (exact) mass is 396 g/mol. The van der Waals surface area contributed by atoms with Crippen molar-refractivity contribution < 1.29 is 19.8 Å². The average molecular weight is 396 g/mol. The molecule has 0 aromatic heterocycles. The van der Waals surface area contributed by atoms with E-state index < -0.39 is 11.9 Å². The predicted molar refractivity (Wildman–Crippen MR) is 119 cm³/mol. The Kier molecular flexibility index (Phi) is 6.74. The molecule has 0 fully saturated rings. The molecule has 0 aliphatic heterocycles. The fraction of sp³-hybridized carbons (Fsp3) is 0. The van der Waals surface area contributed by atoms with Crippen molar-refractivity contribution in [1.29, 1.82) is 0 Å². The van der Waals surface area contributed by atoms with Crippen molar-refractivity contribution in [1.82, 2.24) is 0 Å². The van der Waals surface area contributed by atoms with Crippen LogP contribution in [0.15, 0.2) is 103 Å². The highest BCUT2D eigenvalue weighted by Crippen LogP contribution is 2.19. The largest absolute Gasteiger partial charge is 0.478 e. The van der Waals surface area contributed by atoms with Gasteiger partial charge >= 0.3 is 11.9 Å². The zero-order valence-corrected chi connectivity index (χ0v) is 16.1. The maximum absolute atomic E-state index is 11.2. The van der Waals surface area contributed by atoms with Gasteiger partial charge in [0.1, 0.15) is 0 Å². The van der Waals surface area contributed by atoms with Crippen molar-refractivity contribution >= 4 is 34.4 Å². The number of hydrogen-bond donors (Lipinski definition) is 2. The zero-order valence-electron chi connectivity index (χ0n) is 16.1. The van der Waals surface area contributed by atoms with E-state index in [4.69, 9.17) is 5.11 Å². The molecule has 0 atom stereocenters. The summed E-state index contributed by atoms with van der Waals surface area (Å²) >= 11 is 0. The highest BCUT2D eigenvalue weighted by molar-refractivity contribution is 6.20. The average Bonchev–Trinajstić information content (AvgIpc) is 2.78. The van der Waals surface area contributed by atoms with Gasteiger partial charge in [0.25, 0.3) is 0 Å². The molecular weight excluding hydrogens is 376 g/mol. The third kappa shape index (κ3) is 5.20. The Morgan fingerprint density at radius 3 is 1.83 bits per heavy atom. The van der Waals surface area contributed by atoms with Gasteiger partial charge in [-0.2, -0.15) is 0 Å². The van der Waals surface area contributed by atoms with Crippen molar-refractivity contribution in [3.63, 3.8) is 0 Å². The van der Waals surface area contributed by atoms with E-state index in [9.17, 15) is 14.7 Å². The molecule has 0 bridgehead atoms. The first-order chi connectivity index (χ1) is 14.6. The standard InChI is InChI=1S/C15H12O2.C11H8O2/c16-15(17)14(13-9-5-2-6-10-13)11-12-7-3-1-4-8-12;12-11(13)10-7-3-5-8-4-1-2-6-9(8)10/h1-11H,(H,16,17);1-7H,(H,12,13). The van der Waals surface area contributed by atoms with Gasteiger partial charge in [-0.15, -0.1) is 0 Å². The first-order valence-corrected chi connectivity index (χ1v) is 9.33. The SMILES string of the molecule is O=C(O)C(=Cc1ccccc1)c1ccccc1.O=C(O)c1cccc2ccccc12. The number of benzene rings is 4. The molecule has 4 aromatic rings. The summed E-state index contributed by atoms with van der Waals surface area (Å²) in [6.07, 6.45) is 1.68. The molecule has 148 valence electrons. The van der Waals surface area contributed by atoms with Crippen LogP contribution in [0.25, 0.3) is 22.4 Å². The predicted octanol–water partition coefficient (Wildman–Crippen LogP) is 5.85. The Balaban J connectivity index is 0.000000177. The third-order valence-electron chi connectivity index (χ3n) is 4.45. The van der Waals surface area contributed by atoms with E-state index in [1.54, 1.807) is 30.3 Å². The summed E-state index contributed by atoms with van der Waals surface area (Å²) in [7, 11) is 0. The van der Waals surface area contributed by atoms with Crippen LogP contribution >= 0.6 is 0 Å². The van der Waals surface area contributed by atoms with Crippen LogP contribution in [-0.2, 0) is 4.79 Å². The first-order valence-electron chi connectivity index (χ1n) is 9.33. The number of carboxylic acids is 2. The van der Waals surface area contributed by atoms with E-state index >= 15 is 0 Å². The number of aliphatic carboxylic acids is 1. The van der Waals surface area contributed by atoms with Crippen LogP contribution in [0.1, 0.15) is 21.5 Å². The molecule has 4 nitrogen and oxygen atoms in total. The molecule has 4 heteroatoms. The van der Waals surface area contributed by atoms with Crippen LogP contribution in [0.5, 0.6) is 0 Å². The molecule has 0 saturated heterocycles. The topological polar surface area (TPSA) is 74.6 Å². The summed E-state index contributed by atoms with van der Waals surface area (Å²) in [5.41, 5.74) is 2.26. The molecule has 4 aromatic carbocycles. The molecule has 0 heterocycles. The smallest absolute Gasteiger partial charge is 0.336 e. The fourth-order valence-electron chi connectivity index (χ4n) is 3.01. The summed E-state index contributed by atoms with van der Waals surface area (Å²) in [6, 6.07) is 31.3. The normalized spacial score (nSPS) is 10.7. The fourth-order valence-corrected chi connectivity index (χ4v) is 3.01. The van der Waals surface area contributed by atoms with Gasteiger partial charge in [-0.05, 0) is 34.0 Å². The van der Waals surface area contributed by atoms with Crippen molar-refractivity contribution in [2.75, 3.05) is 0 Å². The van der Waals surface area contributed by atoms with Gasteiger partial charge in [-0.1, -0.05) is 97.1 Å². The van der Waals surface area contributed by atoms with Crippen LogP contribution in [0.4, 0.5) is 0 Å². The highest BCUT2D eigenvalue weighted by atomic mass is 16.4. The van der Waals surface area contributed by atoms with Gasteiger partial charge in [0.05, 0.1) is 11.1 Å². The molecule has 4 rings (SSSR count). The van der Waals surface area contributed by atoms with Gasteiger partial charge in [-0.25, -0.2) is 9.59 Å². The van der Waals surface area contributed by atoms with E-state index in [0.717, 1.165) is 16.3 Å². The molecule has 0 aliphatic carbocycles. The van der Waals surface area contributed by atoms with E-state index in [1.165, 1.54) is 0 Å². The maximum atomic E-state index is 11.2.